The Kier molecular flexibility index (Phi) is 6.29. The number of carbonyl (C=O) groups excluding carboxylic acids is 1. The first kappa shape index (κ1) is 20.8. The number of hydrogen-bond donors (Lipinski definition) is 0. The second kappa shape index (κ2) is 9.10. The Labute approximate surface area is 185 Å². The molecule has 0 radical (unpaired) electrons. The van der Waals surface area contributed by atoms with Crippen LogP contribution in [0.25, 0.3) is 0 Å². The lowest BCUT2D eigenvalue weighted by molar-refractivity contribution is 0.0743. The van der Waals surface area contributed by atoms with Crippen molar-refractivity contribution >= 4 is 35.1 Å². The Hall–Kier alpha value is -2.51. The van der Waals surface area contributed by atoms with Gasteiger partial charge in [-0.15, -0.1) is 11.8 Å². The lowest BCUT2D eigenvalue weighted by Crippen LogP contribution is -2.49. The molecule has 156 valence electrons. The van der Waals surface area contributed by atoms with Crippen LogP contribution in [0.15, 0.2) is 52.0 Å². The highest BCUT2D eigenvalue weighted by Gasteiger charge is 2.24. The number of hydrogen-bond acceptors (Lipinski definition) is 6. The highest BCUT2D eigenvalue weighted by Crippen LogP contribution is 2.30. The molecule has 1 aromatic carbocycles. The highest BCUT2D eigenvalue weighted by molar-refractivity contribution is 7.98. The van der Waals surface area contributed by atoms with E-state index < -0.39 is 0 Å². The fourth-order valence-corrected chi connectivity index (χ4v) is 4.80. The number of piperazine rings is 1. The van der Waals surface area contributed by atoms with Crippen LogP contribution in [0.1, 0.15) is 27.4 Å². The zero-order valence-electron chi connectivity index (χ0n) is 17.0. The monoisotopic (exact) mass is 442 g/mol. The van der Waals surface area contributed by atoms with E-state index in [1.165, 1.54) is 0 Å². The predicted octanol–water partition coefficient (Wildman–Crippen LogP) is 4.59. The number of amides is 1. The Bertz CT molecular complexity index is 1010. The van der Waals surface area contributed by atoms with Gasteiger partial charge in [-0.1, -0.05) is 28.9 Å². The molecule has 8 heteroatoms. The number of benzene rings is 1. The van der Waals surface area contributed by atoms with E-state index in [0.29, 0.717) is 18.1 Å². The first-order valence-corrected chi connectivity index (χ1v) is 11.2. The summed E-state index contributed by atoms with van der Waals surface area (Å²) in [4.78, 5) is 22.7. The minimum absolute atomic E-state index is 0.0700. The van der Waals surface area contributed by atoms with Gasteiger partial charge < -0.3 is 14.3 Å². The molecule has 1 aliphatic heterocycles. The van der Waals surface area contributed by atoms with Crippen molar-refractivity contribution in [2.24, 2.45) is 0 Å². The molecule has 0 atom stereocenters. The van der Waals surface area contributed by atoms with Crippen molar-refractivity contribution in [1.82, 2.24) is 15.0 Å². The molecule has 4 rings (SSSR count). The molecule has 1 saturated heterocycles. The maximum absolute atomic E-state index is 13.2. The number of thioether (sulfide) groups is 1. The van der Waals surface area contributed by atoms with Crippen LogP contribution in [0.3, 0.4) is 0 Å². The molecule has 1 fully saturated rings. The van der Waals surface area contributed by atoms with Crippen LogP contribution in [-0.4, -0.2) is 47.1 Å². The third-order valence-electron chi connectivity index (χ3n) is 5.27. The van der Waals surface area contributed by atoms with Crippen LogP contribution >= 0.6 is 23.4 Å². The van der Waals surface area contributed by atoms with Gasteiger partial charge in [-0.05, 0) is 38.1 Å². The summed E-state index contributed by atoms with van der Waals surface area (Å²) in [6.07, 6.45) is 1.65. The van der Waals surface area contributed by atoms with Crippen LogP contribution < -0.4 is 4.90 Å². The number of halogens is 1. The maximum Gasteiger partial charge on any atom is 0.255 e. The second-order valence-corrected chi connectivity index (χ2v) is 8.66. The molecule has 1 amide bonds. The zero-order chi connectivity index (χ0) is 21.1. The standard InChI is InChI=1S/C22H23ClN4O2S/c1-15-19(16(2)29-25-15)14-30-20-6-4-3-5-18(20)22(28)27-11-9-26(10-12-27)21-8-7-17(23)13-24-21/h3-8,13H,9-12,14H2,1-2H3. The van der Waals surface area contributed by atoms with Gasteiger partial charge in [0.05, 0.1) is 16.3 Å². The Balaban J connectivity index is 1.42. The second-order valence-electron chi connectivity index (χ2n) is 7.20. The first-order chi connectivity index (χ1) is 14.5. The van der Waals surface area contributed by atoms with E-state index in [-0.39, 0.29) is 5.91 Å². The summed E-state index contributed by atoms with van der Waals surface area (Å²) in [6, 6.07) is 11.6. The van der Waals surface area contributed by atoms with Crippen molar-refractivity contribution in [3.8, 4) is 0 Å². The molecule has 3 heterocycles. The van der Waals surface area contributed by atoms with E-state index in [2.05, 4.69) is 15.0 Å². The molecule has 30 heavy (non-hydrogen) atoms. The molecule has 0 aliphatic carbocycles. The molecule has 0 saturated carbocycles. The molecular weight excluding hydrogens is 420 g/mol. The summed E-state index contributed by atoms with van der Waals surface area (Å²) >= 11 is 7.57. The summed E-state index contributed by atoms with van der Waals surface area (Å²) in [7, 11) is 0. The van der Waals surface area contributed by atoms with Crippen molar-refractivity contribution in [1.29, 1.82) is 0 Å². The summed E-state index contributed by atoms with van der Waals surface area (Å²) in [6.45, 7) is 6.67. The lowest BCUT2D eigenvalue weighted by Gasteiger charge is -2.35. The van der Waals surface area contributed by atoms with Crippen LogP contribution in [0.4, 0.5) is 5.82 Å². The summed E-state index contributed by atoms with van der Waals surface area (Å²) in [5, 5.41) is 4.64. The van der Waals surface area contributed by atoms with Gasteiger partial charge in [-0.2, -0.15) is 0 Å². The average Bonchev–Trinajstić information content (AvgIpc) is 3.10. The van der Waals surface area contributed by atoms with E-state index in [1.807, 2.05) is 55.1 Å². The molecule has 0 bridgehead atoms. The van der Waals surface area contributed by atoms with Gasteiger partial charge in [0, 0.05) is 48.6 Å². The molecule has 0 unspecified atom stereocenters. The molecule has 0 N–H and O–H groups in total. The molecule has 1 aliphatic rings. The fraction of sp³-hybridized carbons (Fsp3) is 0.318. The number of nitrogens with zero attached hydrogens (tertiary/aromatic N) is 4. The highest BCUT2D eigenvalue weighted by atomic mass is 35.5. The minimum Gasteiger partial charge on any atom is -0.361 e. The molecular formula is C22H23ClN4O2S. The van der Waals surface area contributed by atoms with Crippen molar-refractivity contribution in [2.75, 3.05) is 31.1 Å². The van der Waals surface area contributed by atoms with Crippen molar-refractivity contribution < 1.29 is 9.32 Å². The third-order valence-corrected chi connectivity index (χ3v) is 6.60. The van der Waals surface area contributed by atoms with Crippen LogP contribution in [0.2, 0.25) is 5.02 Å². The SMILES string of the molecule is Cc1noc(C)c1CSc1ccccc1C(=O)N1CCN(c2ccc(Cl)cn2)CC1. The van der Waals surface area contributed by atoms with Crippen LogP contribution in [0, 0.1) is 13.8 Å². The fourth-order valence-electron chi connectivity index (χ4n) is 3.49. The number of carbonyl (C=O) groups is 1. The van der Waals surface area contributed by atoms with Crippen molar-refractivity contribution in [2.45, 2.75) is 24.5 Å². The third kappa shape index (κ3) is 4.47. The number of anilines is 1. The van der Waals surface area contributed by atoms with Gasteiger partial charge in [0.2, 0.25) is 0 Å². The Morgan fingerprint density at radius 2 is 1.90 bits per heavy atom. The summed E-state index contributed by atoms with van der Waals surface area (Å²) < 4.78 is 5.25. The van der Waals surface area contributed by atoms with Gasteiger partial charge in [0.1, 0.15) is 11.6 Å². The van der Waals surface area contributed by atoms with E-state index >= 15 is 0 Å². The van der Waals surface area contributed by atoms with Crippen molar-refractivity contribution in [3.63, 3.8) is 0 Å². The van der Waals surface area contributed by atoms with Crippen molar-refractivity contribution in [3.05, 3.63) is 70.2 Å². The molecule has 3 aromatic rings. The minimum atomic E-state index is 0.0700. The smallest absolute Gasteiger partial charge is 0.255 e. The van der Waals surface area contributed by atoms with Gasteiger partial charge in [0.15, 0.2) is 0 Å². The number of rotatable bonds is 5. The summed E-state index contributed by atoms with van der Waals surface area (Å²) in [5.74, 6) is 2.51. The Morgan fingerprint density at radius 1 is 1.13 bits per heavy atom. The molecule has 0 spiro atoms. The number of aromatic nitrogens is 2. The Morgan fingerprint density at radius 3 is 2.57 bits per heavy atom. The van der Waals surface area contributed by atoms with E-state index in [0.717, 1.165) is 52.1 Å². The van der Waals surface area contributed by atoms with E-state index in [1.54, 1.807) is 18.0 Å². The largest absolute Gasteiger partial charge is 0.361 e. The maximum atomic E-state index is 13.2. The predicted molar refractivity (Wildman–Crippen MR) is 119 cm³/mol. The van der Waals surface area contributed by atoms with Gasteiger partial charge in [0.25, 0.3) is 5.91 Å². The number of pyridine rings is 1. The zero-order valence-corrected chi connectivity index (χ0v) is 18.5. The average molecular weight is 443 g/mol. The number of aryl methyl sites for hydroxylation is 2. The van der Waals surface area contributed by atoms with Gasteiger partial charge >= 0.3 is 0 Å². The normalized spacial score (nSPS) is 14.2. The molecule has 2 aromatic heterocycles. The van der Waals surface area contributed by atoms with E-state index in [4.69, 9.17) is 16.1 Å². The van der Waals surface area contributed by atoms with Crippen LogP contribution in [-0.2, 0) is 5.75 Å². The first-order valence-electron chi connectivity index (χ1n) is 9.82. The lowest BCUT2D eigenvalue weighted by atomic mass is 10.2. The van der Waals surface area contributed by atoms with Crippen LogP contribution in [0.5, 0.6) is 0 Å². The van der Waals surface area contributed by atoms with Gasteiger partial charge in [-0.3, -0.25) is 4.79 Å². The topological polar surface area (TPSA) is 62.5 Å². The summed E-state index contributed by atoms with van der Waals surface area (Å²) in [5.41, 5.74) is 2.73. The molecule has 6 nitrogen and oxygen atoms in total. The quantitative estimate of drug-likeness (QED) is 0.538. The van der Waals surface area contributed by atoms with Gasteiger partial charge in [-0.25, -0.2) is 4.98 Å². The van der Waals surface area contributed by atoms with E-state index in [9.17, 15) is 4.79 Å².